The minimum atomic E-state index is -0.618. The zero-order valence-corrected chi connectivity index (χ0v) is 10.3. The Morgan fingerprint density at radius 1 is 1.18 bits per heavy atom. The monoisotopic (exact) mass is 235 g/mol. The number of carbonyl (C=O) groups excluding carboxylic acids is 2. The molecule has 0 aliphatic heterocycles. The molecule has 1 aromatic rings. The van der Waals surface area contributed by atoms with Crippen molar-refractivity contribution in [2.24, 2.45) is 5.92 Å². The zero-order chi connectivity index (χ0) is 12.8. The van der Waals surface area contributed by atoms with Gasteiger partial charge in [0.15, 0.2) is 0 Å². The SMILES string of the molecule is CC(=O)N[C@@H](C(=O)Oc1ccccc1)C(C)C. The number of amides is 1. The first-order chi connectivity index (χ1) is 8.00. The van der Waals surface area contributed by atoms with Crippen molar-refractivity contribution in [2.45, 2.75) is 26.8 Å². The van der Waals surface area contributed by atoms with E-state index in [1.807, 2.05) is 19.9 Å². The Labute approximate surface area is 101 Å². The summed E-state index contributed by atoms with van der Waals surface area (Å²) in [5.41, 5.74) is 0. The van der Waals surface area contributed by atoms with E-state index >= 15 is 0 Å². The van der Waals surface area contributed by atoms with Gasteiger partial charge in [-0.25, -0.2) is 4.79 Å². The molecule has 0 bridgehead atoms. The maximum Gasteiger partial charge on any atom is 0.334 e. The van der Waals surface area contributed by atoms with Crippen LogP contribution in [0.3, 0.4) is 0 Å². The molecular formula is C13H17NO3. The molecule has 1 N–H and O–H groups in total. The highest BCUT2D eigenvalue weighted by molar-refractivity contribution is 5.84. The Bertz CT molecular complexity index is 387. The molecule has 92 valence electrons. The van der Waals surface area contributed by atoms with Crippen molar-refractivity contribution in [1.82, 2.24) is 5.32 Å². The predicted molar refractivity (Wildman–Crippen MR) is 64.5 cm³/mol. The molecule has 1 rings (SSSR count). The zero-order valence-electron chi connectivity index (χ0n) is 10.3. The van der Waals surface area contributed by atoms with Crippen molar-refractivity contribution in [1.29, 1.82) is 0 Å². The molecule has 0 heterocycles. The lowest BCUT2D eigenvalue weighted by atomic mass is 10.0. The number of benzene rings is 1. The molecule has 0 spiro atoms. The number of para-hydroxylation sites is 1. The Kier molecular flexibility index (Phi) is 4.69. The van der Waals surface area contributed by atoms with Crippen LogP contribution in [0, 0.1) is 5.92 Å². The number of carbonyl (C=O) groups is 2. The third-order valence-electron chi connectivity index (χ3n) is 2.24. The van der Waals surface area contributed by atoms with Gasteiger partial charge in [-0.3, -0.25) is 4.79 Å². The average Bonchev–Trinajstić information content (AvgIpc) is 2.26. The number of esters is 1. The van der Waals surface area contributed by atoms with Crippen molar-refractivity contribution in [3.05, 3.63) is 30.3 Å². The first-order valence-electron chi connectivity index (χ1n) is 5.54. The van der Waals surface area contributed by atoms with E-state index in [0.29, 0.717) is 5.75 Å². The van der Waals surface area contributed by atoms with E-state index in [1.165, 1.54) is 6.92 Å². The highest BCUT2D eigenvalue weighted by Crippen LogP contribution is 2.11. The average molecular weight is 235 g/mol. The van der Waals surface area contributed by atoms with Crippen LogP contribution in [0.15, 0.2) is 30.3 Å². The van der Waals surface area contributed by atoms with E-state index in [0.717, 1.165) is 0 Å². The normalized spacial score (nSPS) is 12.0. The van der Waals surface area contributed by atoms with Crippen molar-refractivity contribution < 1.29 is 14.3 Å². The van der Waals surface area contributed by atoms with Gasteiger partial charge in [0, 0.05) is 6.92 Å². The van der Waals surface area contributed by atoms with Crippen LogP contribution in [0.2, 0.25) is 0 Å². The molecule has 0 radical (unpaired) electrons. The quantitative estimate of drug-likeness (QED) is 0.639. The largest absolute Gasteiger partial charge is 0.425 e. The molecule has 1 atom stereocenters. The highest BCUT2D eigenvalue weighted by Gasteiger charge is 2.24. The van der Waals surface area contributed by atoms with Crippen LogP contribution in [-0.2, 0) is 9.59 Å². The van der Waals surface area contributed by atoms with Crippen LogP contribution < -0.4 is 10.1 Å². The Morgan fingerprint density at radius 3 is 2.24 bits per heavy atom. The molecular weight excluding hydrogens is 218 g/mol. The number of hydrogen-bond acceptors (Lipinski definition) is 3. The van der Waals surface area contributed by atoms with Crippen LogP contribution in [0.1, 0.15) is 20.8 Å². The minimum Gasteiger partial charge on any atom is -0.425 e. The summed E-state index contributed by atoms with van der Waals surface area (Å²) in [5, 5.41) is 2.59. The maximum atomic E-state index is 11.9. The first kappa shape index (κ1) is 13.2. The molecule has 4 nitrogen and oxygen atoms in total. The van der Waals surface area contributed by atoms with E-state index < -0.39 is 12.0 Å². The Balaban J connectivity index is 2.69. The minimum absolute atomic E-state index is 0.0184. The van der Waals surface area contributed by atoms with Gasteiger partial charge in [-0.05, 0) is 18.1 Å². The van der Waals surface area contributed by atoms with E-state index in [1.54, 1.807) is 24.3 Å². The van der Waals surface area contributed by atoms with E-state index in [9.17, 15) is 9.59 Å². The topological polar surface area (TPSA) is 55.4 Å². The van der Waals surface area contributed by atoms with Gasteiger partial charge in [0.25, 0.3) is 0 Å². The van der Waals surface area contributed by atoms with Crippen molar-refractivity contribution in [3.63, 3.8) is 0 Å². The second kappa shape index (κ2) is 6.03. The molecule has 4 heteroatoms. The van der Waals surface area contributed by atoms with Gasteiger partial charge in [0.1, 0.15) is 11.8 Å². The number of ether oxygens (including phenoxy) is 1. The van der Waals surface area contributed by atoms with E-state index in [4.69, 9.17) is 4.74 Å². The second-order valence-electron chi connectivity index (χ2n) is 4.16. The maximum absolute atomic E-state index is 11.9. The fraction of sp³-hybridized carbons (Fsp3) is 0.385. The summed E-state index contributed by atoms with van der Waals surface area (Å²) in [6.45, 7) is 5.09. The van der Waals surface area contributed by atoms with Gasteiger partial charge < -0.3 is 10.1 Å². The van der Waals surface area contributed by atoms with Gasteiger partial charge in [-0.15, -0.1) is 0 Å². The lowest BCUT2D eigenvalue weighted by Gasteiger charge is -2.19. The Morgan fingerprint density at radius 2 is 1.76 bits per heavy atom. The van der Waals surface area contributed by atoms with Crippen LogP contribution in [0.5, 0.6) is 5.75 Å². The highest BCUT2D eigenvalue weighted by atomic mass is 16.5. The summed E-state index contributed by atoms with van der Waals surface area (Å²) in [5.74, 6) is -0.223. The van der Waals surface area contributed by atoms with Crippen molar-refractivity contribution >= 4 is 11.9 Å². The lowest BCUT2D eigenvalue weighted by Crippen LogP contribution is -2.45. The molecule has 1 aromatic carbocycles. The Hall–Kier alpha value is -1.84. The lowest BCUT2D eigenvalue weighted by molar-refractivity contribution is -0.140. The summed E-state index contributed by atoms with van der Waals surface area (Å²) < 4.78 is 5.19. The van der Waals surface area contributed by atoms with Crippen molar-refractivity contribution in [2.75, 3.05) is 0 Å². The van der Waals surface area contributed by atoms with Gasteiger partial charge in [0.05, 0.1) is 0 Å². The summed E-state index contributed by atoms with van der Waals surface area (Å²) in [4.78, 5) is 22.8. The van der Waals surface area contributed by atoms with Crippen LogP contribution in [0.4, 0.5) is 0 Å². The van der Waals surface area contributed by atoms with Gasteiger partial charge in [0.2, 0.25) is 5.91 Å². The van der Waals surface area contributed by atoms with Crippen LogP contribution >= 0.6 is 0 Å². The van der Waals surface area contributed by atoms with Crippen molar-refractivity contribution in [3.8, 4) is 5.75 Å². The van der Waals surface area contributed by atoms with Gasteiger partial charge in [-0.2, -0.15) is 0 Å². The van der Waals surface area contributed by atoms with Gasteiger partial charge >= 0.3 is 5.97 Å². The predicted octanol–water partition coefficient (Wildman–Crippen LogP) is 1.75. The summed E-state index contributed by atoms with van der Waals surface area (Å²) in [6.07, 6.45) is 0. The fourth-order valence-electron chi connectivity index (χ4n) is 1.38. The summed E-state index contributed by atoms with van der Waals surface area (Å²) in [7, 11) is 0. The third kappa shape index (κ3) is 4.26. The number of hydrogen-bond donors (Lipinski definition) is 1. The standard InChI is InChI=1S/C13H17NO3/c1-9(2)12(14-10(3)15)13(16)17-11-7-5-4-6-8-11/h4-9,12H,1-3H3,(H,14,15)/t12-/m1/s1. The number of nitrogens with one attached hydrogen (secondary N) is 1. The molecule has 0 aliphatic rings. The molecule has 0 saturated carbocycles. The second-order valence-corrected chi connectivity index (χ2v) is 4.16. The molecule has 17 heavy (non-hydrogen) atoms. The van der Waals surface area contributed by atoms with E-state index in [2.05, 4.69) is 5.32 Å². The molecule has 0 fully saturated rings. The third-order valence-corrected chi connectivity index (χ3v) is 2.24. The van der Waals surface area contributed by atoms with Crippen LogP contribution in [-0.4, -0.2) is 17.9 Å². The summed E-state index contributed by atoms with van der Waals surface area (Å²) in [6, 6.07) is 8.18. The smallest absolute Gasteiger partial charge is 0.334 e. The number of rotatable bonds is 4. The molecule has 0 saturated heterocycles. The molecule has 0 aromatic heterocycles. The molecule has 1 amide bonds. The van der Waals surface area contributed by atoms with E-state index in [-0.39, 0.29) is 11.8 Å². The van der Waals surface area contributed by atoms with Crippen LogP contribution in [0.25, 0.3) is 0 Å². The summed E-state index contributed by atoms with van der Waals surface area (Å²) >= 11 is 0. The molecule has 0 aliphatic carbocycles. The first-order valence-corrected chi connectivity index (χ1v) is 5.54. The fourth-order valence-corrected chi connectivity index (χ4v) is 1.38. The van der Waals surface area contributed by atoms with Gasteiger partial charge in [-0.1, -0.05) is 32.0 Å². The molecule has 0 unspecified atom stereocenters.